The molecule has 0 amide bonds. The quantitative estimate of drug-likeness (QED) is 0.161. The van der Waals surface area contributed by atoms with Gasteiger partial charge in [0.05, 0.1) is 52.2 Å². The minimum Gasteiger partial charge on any atom is -0.304 e. The molecule has 0 aliphatic heterocycles. The Morgan fingerprint density at radius 3 is 1.57 bits per heavy atom. The van der Waals surface area contributed by atoms with Crippen molar-refractivity contribution < 1.29 is 0 Å². The van der Waals surface area contributed by atoms with Gasteiger partial charge >= 0.3 is 0 Å². The summed E-state index contributed by atoms with van der Waals surface area (Å²) < 4.78 is 29.3. The zero-order valence-electron chi connectivity index (χ0n) is 29.3. The van der Waals surface area contributed by atoms with Crippen molar-refractivity contribution in [1.82, 2.24) is 26.2 Å². The fraction of sp³-hybridized carbons (Fsp3) is 0. The molecule has 0 N–H and O–H groups in total. The third-order valence-electron chi connectivity index (χ3n) is 10.8. The van der Waals surface area contributed by atoms with E-state index in [4.69, 9.17) is 21.9 Å². The Labute approximate surface area is 331 Å². The van der Waals surface area contributed by atoms with Gasteiger partial charge in [0, 0.05) is 11.1 Å². The summed E-state index contributed by atoms with van der Waals surface area (Å²) in [4.78, 5) is 2.22. The number of benzene rings is 9. The minimum atomic E-state index is 0.798. The van der Waals surface area contributed by atoms with Gasteiger partial charge in [-0.1, -0.05) is 91.0 Å². The first-order chi connectivity index (χ1) is 27.8. The summed E-state index contributed by atoms with van der Waals surface area (Å²) in [5.74, 6) is 0. The maximum Gasteiger partial charge on any atom is 0.129 e. The number of anilines is 3. The van der Waals surface area contributed by atoms with Crippen molar-refractivity contribution in [3.8, 4) is 22.3 Å². The first-order valence-corrected chi connectivity index (χ1v) is 20.3. The Kier molecular flexibility index (Phi) is 7.00. The van der Waals surface area contributed by atoms with E-state index in [-0.39, 0.29) is 0 Å². The maximum absolute atomic E-state index is 5.01. The van der Waals surface area contributed by atoms with E-state index in [9.17, 15) is 0 Å². The lowest BCUT2D eigenvalue weighted by Gasteiger charge is -2.26. The van der Waals surface area contributed by atoms with Crippen molar-refractivity contribution in [2.45, 2.75) is 0 Å². The van der Waals surface area contributed by atoms with E-state index in [1.807, 2.05) is 12.1 Å². The molecule has 56 heavy (non-hydrogen) atoms. The Hall–Kier alpha value is -6.72. The summed E-state index contributed by atoms with van der Waals surface area (Å²) in [6.45, 7) is 0. The standard InChI is InChI=1S/C46H25N7S3/c1-2-9-27-23-32-25-31(17-16-28(32)22-26(27)8-1)35-18-20-39(45-42(35)48-55-51-45)53(38-15-7-14-37-44(38)50-54-47-37)40-21-19-36(43-46(40)52-56-49-43)41-33-12-5-3-10-29(33)24-30-11-4-6-13-34(30)41/h1-25H. The molecule has 0 spiro atoms. The summed E-state index contributed by atoms with van der Waals surface area (Å²) in [7, 11) is 0. The molecule has 0 radical (unpaired) electrons. The van der Waals surface area contributed by atoms with Gasteiger partial charge in [-0.3, -0.25) is 0 Å². The lowest BCUT2D eigenvalue weighted by atomic mass is 9.91. The van der Waals surface area contributed by atoms with Gasteiger partial charge in [-0.05, 0) is 115 Å². The first kappa shape index (κ1) is 31.6. The second kappa shape index (κ2) is 12.4. The SMILES string of the molecule is c1ccc2cc3cc(-c4ccc(N(c5cccc6nsnc56)c5ccc(-c6c7ccccc7cc7ccccc67)c6nsnc56)c5nsnc45)ccc3cc2c1. The molecule has 0 saturated carbocycles. The second-order valence-corrected chi connectivity index (χ2v) is 15.5. The van der Waals surface area contributed by atoms with Gasteiger partial charge in [0.25, 0.3) is 0 Å². The van der Waals surface area contributed by atoms with Gasteiger partial charge in [0.2, 0.25) is 0 Å². The first-order valence-electron chi connectivity index (χ1n) is 18.1. The van der Waals surface area contributed by atoms with Gasteiger partial charge in [0.1, 0.15) is 33.1 Å². The van der Waals surface area contributed by atoms with Crippen molar-refractivity contribution in [2.24, 2.45) is 0 Å². The molecule has 9 aromatic carbocycles. The maximum atomic E-state index is 5.01. The normalized spacial score (nSPS) is 11.9. The van der Waals surface area contributed by atoms with Crippen LogP contribution in [-0.2, 0) is 0 Å². The number of aromatic nitrogens is 6. The molecule has 0 aliphatic rings. The molecule has 12 aromatic rings. The van der Waals surface area contributed by atoms with E-state index in [2.05, 4.69) is 149 Å². The van der Waals surface area contributed by atoms with Crippen LogP contribution in [0, 0.1) is 0 Å². The van der Waals surface area contributed by atoms with Crippen LogP contribution >= 0.6 is 35.2 Å². The second-order valence-electron chi connectivity index (χ2n) is 13.9. The third kappa shape index (κ3) is 4.80. The molecule has 7 nitrogen and oxygen atoms in total. The highest BCUT2D eigenvalue weighted by atomic mass is 32.1. The third-order valence-corrected chi connectivity index (χ3v) is 12.4. The van der Waals surface area contributed by atoms with Crippen LogP contribution in [-0.4, -0.2) is 26.2 Å². The van der Waals surface area contributed by atoms with Gasteiger partial charge < -0.3 is 4.90 Å². The number of rotatable bonds is 5. The van der Waals surface area contributed by atoms with Crippen LogP contribution < -0.4 is 4.90 Å². The summed E-state index contributed by atoms with van der Waals surface area (Å²) >= 11 is 3.66. The molecule has 0 saturated heterocycles. The number of hydrogen-bond donors (Lipinski definition) is 0. The fourth-order valence-electron chi connectivity index (χ4n) is 8.28. The molecule has 0 aliphatic carbocycles. The Bertz CT molecular complexity index is 3480. The molecular formula is C46H25N7S3. The Balaban J connectivity index is 1.09. The molecule has 0 unspecified atom stereocenters. The van der Waals surface area contributed by atoms with Gasteiger partial charge in [-0.15, -0.1) is 0 Å². The van der Waals surface area contributed by atoms with Crippen LogP contribution in [0.25, 0.3) is 98.4 Å². The highest BCUT2D eigenvalue weighted by Gasteiger charge is 2.26. The Morgan fingerprint density at radius 1 is 0.339 bits per heavy atom. The average Bonchev–Trinajstić information content (AvgIpc) is 4.05. The summed E-state index contributed by atoms with van der Waals surface area (Å²) in [5.41, 5.74) is 11.9. The van der Waals surface area contributed by atoms with Crippen LogP contribution in [0.1, 0.15) is 0 Å². The molecule has 0 fully saturated rings. The van der Waals surface area contributed by atoms with Crippen molar-refractivity contribution in [1.29, 1.82) is 0 Å². The molecule has 0 atom stereocenters. The van der Waals surface area contributed by atoms with Gasteiger partial charge in [-0.25, -0.2) is 0 Å². The van der Waals surface area contributed by atoms with Crippen molar-refractivity contribution in [2.75, 3.05) is 4.90 Å². The van der Waals surface area contributed by atoms with E-state index in [0.717, 1.165) is 72.4 Å². The number of fused-ring (bicyclic) bond motifs is 7. The minimum absolute atomic E-state index is 0.798. The molecule has 10 heteroatoms. The fourth-order valence-corrected chi connectivity index (χ4v) is 9.96. The van der Waals surface area contributed by atoms with E-state index in [0.29, 0.717) is 0 Å². The van der Waals surface area contributed by atoms with Crippen LogP contribution in [0.2, 0.25) is 0 Å². The van der Waals surface area contributed by atoms with E-state index < -0.39 is 0 Å². The van der Waals surface area contributed by atoms with Crippen molar-refractivity contribution in [3.63, 3.8) is 0 Å². The predicted octanol–water partition coefficient (Wildman–Crippen LogP) is 13.1. The van der Waals surface area contributed by atoms with Crippen LogP contribution in [0.15, 0.2) is 152 Å². The zero-order chi connectivity index (χ0) is 36.7. The summed E-state index contributed by atoms with van der Waals surface area (Å²) in [6.07, 6.45) is 0. The van der Waals surface area contributed by atoms with Gasteiger partial charge in [-0.2, -0.15) is 26.2 Å². The average molecular weight is 772 g/mol. The van der Waals surface area contributed by atoms with Crippen molar-refractivity contribution in [3.05, 3.63) is 152 Å². The highest BCUT2D eigenvalue weighted by Crippen LogP contribution is 2.48. The predicted molar refractivity (Wildman–Crippen MR) is 235 cm³/mol. The van der Waals surface area contributed by atoms with Gasteiger partial charge in [0.15, 0.2) is 0 Å². The van der Waals surface area contributed by atoms with Crippen LogP contribution in [0.5, 0.6) is 0 Å². The topological polar surface area (TPSA) is 80.6 Å². The number of hydrogen-bond acceptors (Lipinski definition) is 10. The summed E-state index contributed by atoms with van der Waals surface area (Å²) in [6, 6.07) is 53.9. The monoisotopic (exact) mass is 771 g/mol. The van der Waals surface area contributed by atoms with E-state index >= 15 is 0 Å². The Morgan fingerprint density at radius 2 is 0.857 bits per heavy atom. The largest absolute Gasteiger partial charge is 0.304 e. The summed E-state index contributed by atoms with van der Waals surface area (Å²) in [5, 5.41) is 9.56. The van der Waals surface area contributed by atoms with Crippen molar-refractivity contribution >= 4 is 128 Å². The highest BCUT2D eigenvalue weighted by molar-refractivity contribution is 7.00. The molecule has 3 heterocycles. The van der Waals surface area contributed by atoms with Crippen LogP contribution in [0.4, 0.5) is 17.1 Å². The molecule has 262 valence electrons. The molecule has 12 rings (SSSR count). The smallest absolute Gasteiger partial charge is 0.129 e. The van der Waals surface area contributed by atoms with E-state index in [1.165, 1.54) is 78.3 Å². The molecule has 3 aromatic heterocycles. The molecule has 0 bridgehead atoms. The van der Waals surface area contributed by atoms with E-state index in [1.54, 1.807) is 0 Å². The zero-order valence-corrected chi connectivity index (χ0v) is 31.7. The number of nitrogens with zero attached hydrogens (tertiary/aromatic N) is 7. The molecular weight excluding hydrogens is 747 g/mol. The van der Waals surface area contributed by atoms with Crippen LogP contribution in [0.3, 0.4) is 0 Å². The lowest BCUT2D eigenvalue weighted by molar-refractivity contribution is 1.31. The lowest BCUT2D eigenvalue weighted by Crippen LogP contribution is -2.12.